The molecule has 3 aromatic rings. The Morgan fingerprint density at radius 1 is 1.18 bits per heavy atom. The summed E-state index contributed by atoms with van der Waals surface area (Å²) in [5.74, 6) is 1.20. The number of H-pyrrole nitrogens is 1. The first-order valence-corrected chi connectivity index (χ1v) is 11.5. The van der Waals surface area contributed by atoms with Gasteiger partial charge in [-0.25, -0.2) is 0 Å². The molecule has 0 spiro atoms. The number of hydrogen-bond donors (Lipinski definition) is 2. The van der Waals surface area contributed by atoms with Crippen molar-refractivity contribution >= 4 is 5.91 Å². The largest absolute Gasteiger partial charge is 0.507 e. The van der Waals surface area contributed by atoms with Crippen LogP contribution in [0.15, 0.2) is 30.3 Å². The summed E-state index contributed by atoms with van der Waals surface area (Å²) in [7, 11) is 3.18. The highest BCUT2D eigenvalue weighted by atomic mass is 16.5. The molecule has 3 heterocycles. The Morgan fingerprint density at radius 3 is 2.65 bits per heavy atom. The van der Waals surface area contributed by atoms with Crippen LogP contribution in [-0.4, -0.2) is 59.6 Å². The molecule has 2 atom stereocenters. The van der Waals surface area contributed by atoms with Crippen LogP contribution in [-0.2, 0) is 4.74 Å². The molecule has 1 amide bonds. The fourth-order valence-corrected chi connectivity index (χ4v) is 5.21. The highest BCUT2D eigenvalue weighted by Gasteiger charge is 2.44. The van der Waals surface area contributed by atoms with Crippen molar-refractivity contribution in [2.75, 3.05) is 27.4 Å². The molecular weight excluding hydrogens is 434 g/mol. The number of nitrogens with zero attached hydrogens (tertiary/aromatic N) is 2. The molecule has 0 saturated carbocycles. The van der Waals surface area contributed by atoms with E-state index in [4.69, 9.17) is 14.2 Å². The lowest BCUT2D eigenvalue weighted by Crippen LogP contribution is -2.36. The molecule has 1 saturated heterocycles. The Balaban J connectivity index is 1.68. The van der Waals surface area contributed by atoms with Crippen molar-refractivity contribution in [2.24, 2.45) is 0 Å². The molecule has 1 aromatic heterocycles. The third kappa shape index (κ3) is 3.58. The van der Waals surface area contributed by atoms with Crippen LogP contribution in [0.4, 0.5) is 0 Å². The summed E-state index contributed by atoms with van der Waals surface area (Å²) in [5.41, 5.74) is 5.11. The van der Waals surface area contributed by atoms with E-state index in [0.717, 1.165) is 35.1 Å². The van der Waals surface area contributed by atoms with Gasteiger partial charge in [-0.3, -0.25) is 9.89 Å². The first-order valence-electron chi connectivity index (χ1n) is 11.5. The number of phenols is 1. The molecule has 178 valence electrons. The number of ether oxygens (including phenoxy) is 3. The smallest absolute Gasteiger partial charge is 0.273 e. The maximum absolute atomic E-state index is 13.6. The van der Waals surface area contributed by atoms with Gasteiger partial charge in [0.25, 0.3) is 5.91 Å². The number of amides is 1. The minimum Gasteiger partial charge on any atom is -0.507 e. The number of nitrogens with one attached hydrogen (secondary N) is 1. The number of rotatable bonds is 6. The molecule has 8 nitrogen and oxygen atoms in total. The molecule has 2 aliphatic heterocycles. The molecule has 2 N–H and O–H groups in total. The molecule has 0 bridgehead atoms. The van der Waals surface area contributed by atoms with E-state index in [1.54, 1.807) is 20.3 Å². The van der Waals surface area contributed by atoms with E-state index in [2.05, 4.69) is 10.2 Å². The molecule has 1 fully saturated rings. The highest BCUT2D eigenvalue weighted by Crippen LogP contribution is 2.47. The standard InChI is InChI=1S/C26H29N3O5/c1-14-10-15(2)21(18(30)11-14)23-22-24(28-27-23)26(31)29(13-17-6-5-9-34-17)25(22)16-7-8-19(32-3)20(12-16)33-4/h7-8,10-12,17,25,30H,5-6,9,13H2,1-4H3,(H,27,28). The topological polar surface area (TPSA) is 96.9 Å². The summed E-state index contributed by atoms with van der Waals surface area (Å²) >= 11 is 0. The van der Waals surface area contributed by atoms with E-state index in [9.17, 15) is 9.90 Å². The molecular formula is C26H29N3O5. The van der Waals surface area contributed by atoms with E-state index in [1.165, 1.54) is 0 Å². The van der Waals surface area contributed by atoms with E-state index in [1.807, 2.05) is 43.0 Å². The molecule has 34 heavy (non-hydrogen) atoms. The van der Waals surface area contributed by atoms with Gasteiger partial charge in [-0.1, -0.05) is 12.1 Å². The number of carbonyl (C=O) groups excluding carboxylic acids is 1. The van der Waals surface area contributed by atoms with Crippen molar-refractivity contribution in [1.82, 2.24) is 15.1 Å². The van der Waals surface area contributed by atoms with E-state index < -0.39 is 6.04 Å². The Kier molecular flexibility index (Phi) is 5.69. The van der Waals surface area contributed by atoms with Crippen molar-refractivity contribution in [3.63, 3.8) is 0 Å². The van der Waals surface area contributed by atoms with Gasteiger partial charge in [-0.15, -0.1) is 0 Å². The van der Waals surface area contributed by atoms with Gasteiger partial charge < -0.3 is 24.2 Å². The molecule has 2 unspecified atom stereocenters. The number of methoxy groups -OCH3 is 2. The zero-order chi connectivity index (χ0) is 24.0. The fraction of sp³-hybridized carbons (Fsp3) is 0.385. The van der Waals surface area contributed by atoms with Crippen LogP contribution in [0.2, 0.25) is 0 Å². The van der Waals surface area contributed by atoms with Crippen molar-refractivity contribution in [3.8, 4) is 28.5 Å². The Hall–Kier alpha value is -3.52. The number of aromatic hydroxyl groups is 1. The lowest BCUT2D eigenvalue weighted by atomic mass is 9.93. The summed E-state index contributed by atoms with van der Waals surface area (Å²) in [5, 5.41) is 18.3. The quantitative estimate of drug-likeness (QED) is 0.570. The maximum atomic E-state index is 13.6. The van der Waals surface area contributed by atoms with Gasteiger partial charge in [-0.2, -0.15) is 5.10 Å². The van der Waals surface area contributed by atoms with Crippen LogP contribution in [0.1, 0.15) is 51.6 Å². The average Bonchev–Trinajstić information content (AvgIpc) is 3.53. The normalized spacial score (nSPS) is 19.5. The van der Waals surface area contributed by atoms with Crippen molar-refractivity contribution in [3.05, 3.63) is 58.3 Å². The zero-order valence-electron chi connectivity index (χ0n) is 19.8. The van der Waals surface area contributed by atoms with Gasteiger partial charge in [0, 0.05) is 24.3 Å². The highest BCUT2D eigenvalue weighted by molar-refractivity contribution is 6.00. The number of carbonyl (C=O) groups is 1. The average molecular weight is 464 g/mol. The Bertz CT molecular complexity index is 1220. The number of benzene rings is 2. The van der Waals surface area contributed by atoms with Crippen LogP contribution in [0.25, 0.3) is 11.3 Å². The van der Waals surface area contributed by atoms with Crippen LogP contribution in [0, 0.1) is 13.8 Å². The summed E-state index contributed by atoms with van der Waals surface area (Å²) in [6, 6.07) is 8.98. The summed E-state index contributed by atoms with van der Waals surface area (Å²) in [4.78, 5) is 15.4. The molecule has 0 radical (unpaired) electrons. The second-order valence-electron chi connectivity index (χ2n) is 8.95. The summed E-state index contributed by atoms with van der Waals surface area (Å²) in [6.07, 6.45) is 1.89. The number of aryl methyl sites for hydroxylation is 2. The summed E-state index contributed by atoms with van der Waals surface area (Å²) < 4.78 is 16.8. The third-order valence-electron chi connectivity index (χ3n) is 6.71. The summed E-state index contributed by atoms with van der Waals surface area (Å²) in [6.45, 7) is 5.06. The SMILES string of the molecule is COc1ccc(C2c3c(-c4c(C)cc(C)cc4O)n[nH]c3C(=O)N2CC2CCCO2)cc1OC. The number of aromatic amines is 1. The predicted octanol–water partition coefficient (Wildman–Crippen LogP) is 4.14. The van der Waals surface area contributed by atoms with Crippen molar-refractivity contribution < 1.29 is 24.1 Å². The van der Waals surface area contributed by atoms with Gasteiger partial charge in [-0.05, 0) is 61.6 Å². The lowest BCUT2D eigenvalue weighted by Gasteiger charge is -2.29. The fourth-order valence-electron chi connectivity index (χ4n) is 5.21. The van der Waals surface area contributed by atoms with E-state index in [0.29, 0.717) is 41.6 Å². The van der Waals surface area contributed by atoms with E-state index >= 15 is 0 Å². The minimum atomic E-state index is -0.416. The van der Waals surface area contributed by atoms with Gasteiger partial charge in [0.1, 0.15) is 17.1 Å². The van der Waals surface area contributed by atoms with Gasteiger partial charge in [0.05, 0.1) is 26.4 Å². The zero-order valence-corrected chi connectivity index (χ0v) is 19.8. The first-order chi connectivity index (χ1) is 16.4. The predicted molar refractivity (Wildman–Crippen MR) is 127 cm³/mol. The molecule has 0 aliphatic carbocycles. The molecule has 5 rings (SSSR count). The minimum absolute atomic E-state index is 0.0125. The first kappa shape index (κ1) is 22.3. The van der Waals surface area contributed by atoms with Crippen LogP contribution < -0.4 is 9.47 Å². The number of phenolic OH excluding ortho intramolecular Hbond substituents is 1. The monoisotopic (exact) mass is 463 g/mol. The van der Waals surface area contributed by atoms with Gasteiger partial charge >= 0.3 is 0 Å². The second kappa shape index (κ2) is 8.68. The number of fused-ring (bicyclic) bond motifs is 1. The number of hydrogen-bond acceptors (Lipinski definition) is 6. The molecule has 8 heteroatoms. The molecule has 2 aromatic carbocycles. The van der Waals surface area contributed by atoms with Gasteiger partial charge in [0.15, 0.2) is 11.5 Å². The third-order valence-corrected chi connectivity index (χ3v) is 6.71. The maximum Gasteiger partial charge on any atom is 0.273 e. The Labute approximate surface area is 198 Å². The molecule has 2 aliphatic rings. The second-order valence-corrected chi connectivity index (χ2v) is 8.95. The Morgan fingerprint density at radius 2 is 1.97 bits per heavy atom. The number of aromatic nitrogens is 2. The lowest BCUT2D eigenvalue weighted by molar-refractivity contribution is 0.0495. The van der Waals surface area contributed by atoms with Gasteiger partial charge in [0.2, 0.25) is 0 Å². The van der Waals surface area contributed by atoms with Crippen molar-refractivity contribution in [1.29, 1.82) is 0 Å². The van der Waals surface area contributed by atoms with Crippen LogP contribution in [0.3, 0.4) is 0 Å². The van der Waals surface area contributed by atoms with Crippen LogP contribution >= 0.6 is 0 Å². The van der Waals surface area contributed by atoms with Crippen molar-refractivity contribution in [2.45, 2.75) is 38.8 Å². The van der Waals surface area contributed by atoms with E-state index in [-0.39, 0.29) is 17.8 Å². The van der Waals surface area contributed by atoms with Crippen LogP contribution in [0.5, 0.6) is 17.2 Å².